The summed E-state index contributed by atoms with van der Waals surface area (Å²) in [5.41, 5.74) is 5.23. The zero-order valence-electron chi connectivity index (χ0n) is 25.6. The Bertz CT molecular complexity index is 1520. The molecule has 1 amide bonds. The van der Waals surface area contributed by atoms with Crippen LogP contribution < -0.4 is 20.3 Å². The van der Waals surface area contributed by atoms with Gasteiger partial charge in [0.25, 0.3) is 0 Å². The van der Waals surface area contributed by atoms with Crippen LogP contribution in [0, 0.1) is 5.92 Å². The van der Waals surface area contributed by atoms with Gasteiger partial charge in [-0.05, 0) is 57.1 Å². The molecule has 2 N–H and O–H groups in total. The number of para-hydroxylation sites is 1. The molecule has 4 aromatic rings. The molecule has 0 radical (unpaired) electrons. The highest BCUT2D eigenvalue weighted by Crippen LogP contribution is 2.39. The first-order chi connectivity index (χ1) is 20.4. The number of carbonyl (C=O) groups excluding carboxylic acids is 1. The minimum absolute atomic E-state index is 0.292. The second kappa shape index (κ2) is 14.0. The van der Waals surface area contributed by atoms with Gasteiger partial charge in [-0.25, -0.2) is 9.97 Å². The lowest BCUT2D eigenvalue weighted by molar-refractivity contribution is -0.111. The van der Waals surface area contributed by atoms with Crippen LogP contribution in [-0.4, -0.2) is 66.7 Å². The largest absolute Gasteiger partial charge is 0.494 e. The maximum Gasteiger partial charge on any atom is 0.247 e. The number of benzene rings is 2. The molecule has 2 aromatic carbocycles. The van der Waals surface area contributed by atoms with Gasteiger partial charge in [-0.1, -0.05) is 38.6 Å². The standard InChI is InChI=1S/C31H37N7O2.C2H6/c1-6-30(39)33-25-17-26(29(40-5)18-28(25)37(4)16-15-36(2)3)35-31-32-14-13-24(34-31)23-20-38(19-21-11-12-21)27-10-8-7-9-22(23)27;1-2/h6-10,13-14,17-18,20-21H,1,11-12,15-16,19H2,2-5H3,(H,33,39)(H,32,34,35);1-2H3. The van der Waals surface area contributed by atoms with Gasteiger partial charge in [0.2, 0.25) is 11.9 Å². The number of aromatic nitrogens is 3. The van der Waals surface area contributed by atoms with Gasteiger partial charge in [-0.3, -0.25) is 4.79 Å². The van der Waals surface area contributed by atoms with E-state index in [0.29, 0.717) is 23.1 Å². The fourth-order valence-corrected chi connectivity index (χ4v) is 4.78. The van der Waals surface area contributed by atoms with Gasteiger partial charge in [0, 0.05) is 61.6 Å². The van der Waals surface area contributed by atoms with Gasteiger partial charge < -0.3 is 29.7 Å². The highest BCUT2D eigenvalue weighted by molar-refractivity contribution is 6.02. The third-order valence-corrected chi connectivity index (χ3v) is 7.17. The van der Waals surface area contributed by atoms with Crippen LogP contribution in [0.2, 0.25) is 0 Å². The normalized spacial score (nSPS) is 12.5. The molecule has 0 saturated heterocycles. The second-order valence-corrected chi connectivity index (χ2v) is 10.5. The van der Waals surface area contributed by atoms with Crippen molar-refractivity contribution in [3.63, 3.8) is 0 Å². The van der Waals surface area contributed by atoms with Crippen molar-refractivity contribution < 1.29 is 9.53 Å². The second-order valence-electron chi connectivity index (χ2n) is 10.5. The first-order valence-corrected chi connectivity index (χ1v) is 14.6. The van der Waals surface area contributed by atoms with E-state index in [1.54, 1.807) is 13.3 Å². The molecule has 9 nitrogen and oxygen atoms in total. The number of hydrogen-bond acceptors (Lipinski definition) is 7. The lowest BCUT2D eigenvalue weighted by Crippen LogP contribution is -2.29. The molecule has 42 heavy (non-hydrogen) atoms. The van der Waals surface area contributed by atoms with E-state index in [-0.39, 0.29) is 5.91 Å². The summed E-state index contributed by atoms with van der Waals surface area (Å²) in [6.45, 7) is 10.2. The third-order valence-electron chi connectivity index (χ3n) is 7.17. The molecule has 0 spiro atoms. The smallest absolute Gasteiger partial charge is 0.247 e. The van der Waals surface area contributed by atoms with Crippen LogP contribution in [0.4, 0.5) is 23.0 Å². The SMILES string of the molecule is C=CC(=O)Nc1cc(Nc2nccc(-c3cn(CC4CC4)c4ccccc34)n2)c(OC)cc1N(C)CCN(C)C.CC. The summed E-state index contributed by atoms with van der Waals surface area (Å²) in [5.74, 6) is 1.52. The van der Waals surface area contributed by atoms with Crippen molar-refractivity contribution in [1.29, 1.82) is 0 Å². The quantitative estimate of drug-likeness (QED) is 0.191. The Hall–Kier alpha value is -4.37. The lowest BCUT2D eigenvalue weighted by Gasteiger charge is -2.26. The Morgan fingerprint density at radius 2 is 1.88 bits per heavy atom. The minimum Gasteiger partial charge on any atom is -0.494 e. The molecule has 0 aliphatic heterocycles. The molecule has 1 aliphatic carbocycles. The maximum absolute atomic E-state index is 12.3. The van der Waals surface area contributed by atoms with Crippen molar-refractivity contribution in [1.82, 2.24) is 19.4 Å². The topological polar surface area (TPSA) is 87.5 Å². The molecule has 5 rings (SSSR count). The molecule has 2 aromatic heterocycles. The molecule has 0 atom stereocenters. The summed E-state index contributed by atoms with van der Waals surface area (Å²) in [4.78, 5) is 25.9. The van der Waals surface area contributed by atoms with Gasteiger partial charge in [0.1, 0.15) is 5.75 Å². The minimum atomic E-state index is -0.292. The van der Waals surface area contributed by atoms with E-state index in [0.717, 1.165) is 42.5 Å². The first-order valence-electron chi connectivity index (χ1n) is 14.6. The number of methoxy groups -OCH3 is 1. The molecule has 0 unspecified atom stereocenters. The Kier molecular flexibility index (Phi) is 10.2. The number of rotatable bonds is 12. The van der Waals surface area contributed by atoms with Crippen molar-refractivity contribution in [2.24, 2.45) is 5.92 Å². The number of ether oxygens (including phenoxy) is 1. The predicted octanol–water partition coefficient (Wildman–Crippen LogP) is 6.41. The highest BCUT2D eigenvalue weighted by Gasteiger charge is 2.23. The number of carbonyl (C=O) groups is 1. The van der Waals surface area contributed by atoms with Gasteiger partial charge >= 0.3 is 0 Å². The molecule has 2 heterocycles. The Balaban J connectivity index is 0.00000198. The van der Waals surface area contributed by atoms with E-state index < -0.39 is 0 Å². The van der Waals surface area contributed by atoms with Crippen LogP contribution in [0.5, 0.6) is 5.75 Å². The van der Waals surface area contributed by atoms with Crippen molar-refractivity contribution in [2.45, 2.75) is 33.2 Å². The van der Waals surface area contributed by atoms with Crippen LogP contribution in [0.15, 0.2) is 67.5 Å². The van der Waals surface area contributed by atoms with Crippen LogP contribution in [0.25, 0.3) is 22.2 Å². The molecule has 0 bridgehead atoms. The maximum atomic E-state index is 12.3. The van der Waals surface area contributed by atoms with Crippen LogP contribution in [0.3, 0.4) is 0 Å². The van der Waals surface area contributed by atoms with E-state index in [9.17, 15) is 4.79 Å². The van der Waals surface area contributed by atoms with E-state index in [1.807, 2.05) is 53.2 Å². The lowest BCUT2D eigenvalue weighted by atomic mass is 10.1. The Labute approximate surface area is 249 Å². The number of anilines is 4. The number of nitrogens with zero attached hydrogens (tertiary/aromatic N) is 5. The number of nitrogens with one attached hydrogen (secondary N) is 2. The number of amides is 1. The molecule has 1 saturated carbocycles. The highest BCUT2D eigenvalue weighted by atomic mass is 16.5. The van der Waals surface area contributed by atoms with Crippen molar-refractivity contribution in [3.05, 3.63) is 67.5 Å². The molecular formula is C33H43N7O2. The van der Waals surface area contributed by atoms with E-state index in [2.05, 4.69) is 67.0 Å². The van der Waals surface area contributed by atoms with Gasteiger partial charge in [0.15, 0.2) is 0 Å². The van der Waals surface area contributed by atoms with Crippen molar-refractivity contribution in [3.8, 4) is 17.0 Å². The van der Waals surface area contributed by atoms with Crippen molar-refractivity contribution >= 4 is 39.8 Å². The molecule has 1 aliphatic rings. The van der Waals surface area contributed by atoms with Crippen LogP contribution in [-0.2, 0) is 11.3 Å². The summed E-state index contributed by atoms with van der Waals surface area (Å²) in [6, 6.07) is 14.2. The Morgan fingerprint density at radius 1 is 1.12 bits per heavy atom. The van der Waals surface area contributed by atoms with E-state index >= 15 is 0 Å². The zero-order chi connectivity index (χ0) is 30.2. The summed E-state index contributed by atoms with van der Waals surface area (Å²) in [5, 5.41) is 7.43. The van der Waals surface area contributed by atoms with Crippen LogP contribution >= 0.6 is 0 Å². The summed E-state index contributed by atoms with van der Waals surface area (Å²) in [6.07, 6.45) is 7.81. The fourth-order valence-electron chi connectivity index (χ4n) is 4.78. The van der Waals surface area contributed by atoms with E-state index in [4.69, 9.17) is 9.72 Å². The number of hydrogen-bond donors (Lipinski definition) is 2. The first kappa shape index (κ1) is 30.6. The Morgan fingerprint density at radius 3 is 2.57 bits per heavy atom. The van der Waals surface area contributed by atoms with Crippen LogP contribution in [0.1, 0.15) is 26.7 Å². The van der Waals surface area contributed by atoms with Gasteiger partial charge in [-0.2, -0.15) is 0 Å². The summed E-state index contributed by atoms with van der Waals surface area (Å²) in [7, 11) is 7.67. The van der Waals surface area contributed by atoms with Gasteiger partial charge in [-0.15, -0.1) is 0 Å². The molecule has 222 valence electrons. The predicted molar refractivity (Wildman–Crippen MR) is 174 cm³/mol. The van der Waals surface area contributed by atoms with E-state index in [1.165, 1.54) is 29.8 Å². The van der Waals surface area contributed by atoms with Crippen molar-refractivity contribution in [2.75, 3.05) is 56.9 Å². The fraction of sp³-hybridized carbons (Fsp3) is 0.364. The summed E-state index contributed by atoms with van der Waals surface area (Å²) < 4.78 is 8.10. The zero-order valence-corrected chi connectivity index (χ0v) is 25.6. The molecule has 9 heteroatoms. The number of likely N-dealkylation sites (N-methyl/N-ethyl adjacent to an activating group) is 2. The third kappa shape index (κ3) is 7.28. The average Bonchev–Trinajstić information content (AvgIpc) is 3.76. The number of fused-ring (bicyclic) bond motifs is 1. The summed E-state index contributed by atoms with van der Waals surface area (Å²) >= 11 is 0. The van der Waals surface area contributed by atoms with Gasteiger partial charge in [0.05, 0.1) is 29.9 Å². The molecule has 1 fully saturated rings. The monoisotopic (exact) mass is 569 g/mol. The molecular weight excluding hydrogens is 526 g/mol. The average molecular weight is 570 g/mol.